The zero-order valence-electron chi connectivity index (χ0n) is 7.91. The van der Waals surface area contributed by atoms with Crippen molar-refractivity contribution < 1.29 is 14.7 Å². The molecule has 1 heterocycles. The van der Waals surface area contributed by atoms with Crippen LogP contribution >= 0.6 is 11.3 Å². The number of carboxylic acids is 1. The van der Waals surface area contributed by atoms with Gasteiger partial charge in [0.05, 0.1) is 4.88 Å². The lowest BCUT2D eigenvalue weighted by Gasteiger charge is -1.98. The molecule has 0 aromatic carbocycles. The van der Waals surface area contributed by atoms with Crippen LogP contribution < -0.4 is 5.11 Å². The number of carbonyl (C=O) groups excluding carboxylic acids is 2. The normalized spacial score (nSPS) is 10.1. The summed E-state index contributed by atoms with van der Waals surface area (Å²) in [6.07, 6.45) is 0.739. The zero-order valence-corrected chi connectivity index (χ0v) is 8.73. The van der Waals surface area contributed by atoms with Gasteiger partial charge in [-0.2, -0.15) is 0 Å². The van der Waals surface area contributed by atoms with E-state index in [1.54, 1.807) is 6.07 Å². The van der Waals surface area contributed by atoms with Crippen molar-refractivity contribution in [1.82, 2.24) is 0 Å². The maximum absolute atomic E-state index is 11.4. The molecule has 0 saturated heterocycles. The van der Waals surface area contributed by atoms with Gasteiger partial charge in [0, 0.05) is 17.3 Å². The quantitative estimate of drug-likeness (QED) is 0.683. The Kier molecular flexibility index (Phi) is 3.83. The molecule has 0 aliphatic carbocycles. The zero-order chi connectivity index (χ0) is 10.6. The van der Waals surface area contributed by atoms with Crippen molar-refractivity contribution in [2.75, 3.05) is 0 Å². The number of aliphatic carboxylic acids is 1. The maximum Gasteiger partial charge on any atom is 0.173 e. The molecule has 4 heteroatoms. The second-order valence-electron chi connectivity index (χ2n) is 2.91. The number of carboxylic acid groups (broad SMARTS) is 1. The Morgan fingerprint density at radius 1 is 1.36 bits per heavy atom. The lowest BCUT2D eigenvalue weighted by atomic mass is 10.2. The lowest BCUT2D eigenvalue weighted by molar-refractivity contribution is -0.305. The second kappa shape index (κ2) is 4.91. The average Bonchev–Trinajstić information content (AvgIpc) is 2.62. The van der Waals surface area contributed by atoms with Crippen LogP contribution in [-0.4, -0.2) is 11.8 Å². The fourth-order valence-electron chi connectivity index (χ4n) is 1.06. The summed E-state index contributed by atoms with van der Waals surface area (Å²) >= 11 is 1.43. The molecule has 1 aromatic heterocycles. The molecule has 0 bridgehead atoms. The van der Waals surface area contributed by atoms with Crippen LogP contribution in [0.25, 0.3) is 0 Å². The molecule has 0 fully saturated rings. The van der Waals surface area contributed by atoms with Crippen LogP contribution in [0.3, 0.4) is 0 Å². The predicted molar refractivity (Wildman–Crippen MR) is 52.3 cm³/mol. The van der Waals surface area contributed by atoms with Crippen molar-refractivity contribution in [1.29, 1.82) is 0 Å². The van der Waals surface area contributed by atoms with E-state index in [1.807, 2.05) is 13.0 Å². The molecule has 14 heavy (non-hydrogen) atoms. The Morgan fingerprint density at radius 2 is 2.07 bits per heavy atom. The molecule has 76 valence electrons. The number of rotatable bonds is 5. The Bertz CT molecular complexity index is 341. The number of ketones is 1. The highest BCUT2D eigenvalue weighted by atomic mass is 32.1. The summed E-state index contributed by atoms with van der Waals surface area (Å²) in [6, 6.07) is 3.65. The van der Waals surface area contributed by atoms with Gasteiger partial charge in [0.25, 0.3) is 0 Å². The Hall–Kier alpha value is -1.16. The third kappa shape index (κ3) is 2.96. The van der Waals surface area contributed by atoms with Crippen molar-refractivity contribution in [3.63, 3.8) is 0 Å². The van der Waals surface area contributed by atoms with E-state index in [4.69, 9.17) is 0 Å². The number of thiophene rings is 1. The number of Topliss-reactive ketones (excluding diaryl/α,β-unsaturated/α-hetero) is 1. The first kappa shape index (κ1) is 10.9. The molecule has 0 aliphatic heterocycles. The number of hydrogen-bond acceptors (Lipinski definition) is 4. The molecule has 0 aliphatic rings. The minimum absolute atomic E-state index is 0.0337. The second-order valence-corrected chi connectivity index (χ2v) is 4.08. The molecular formula is C10H11O3S-. The summed E-state index contributed by atoms with van der Waals surface area (Å²) in [4.78, 5) is 23.3. The van der Waals surface area contributed by atoms with Crippen molar-refractivity contribution in [2.24, 2.45) is 0 Å². The molecule has 0 spiro atoms. The number of carbonyl (C=O) groups is 2. The van der Waals surface area contributed by atoms with Crippen LogP contribution in [0.2, 0.25) is 0 Å². The first-order valence-electron chi connectivity index (χ1n) is 4.45. The average molecular weight is 211 g/mol. The molecule has 0 radical (unpaired) electrons. The smallest absolute Gasteiger partial charge is 0.173 e. The summed E-state index contributed by atoms with van der Waals surface area (Å²) in [6.45, 7) is 2.02. The molecule has 1 aromatic rings. The van der Waals surface area contributed by atoms with Gasteiger partial charge in [-0.3, -0.25) is 4.79 Å². The molecular weight excluding hydrogens is 200 g/mol. The predicted octanol–water partition coefficient (Wildman–Crippen LogP) is 1.02. The molecule has 3 nitrogen and oxygen atoms in total. The largest absolute Gasteiger partial charge is 0.550 e. The van der Waals surface area contributed by atoms with Crippen LogP contribution in [0.4, 0.5) is 0 Å². The van der Waals surface area contributed by atoms with Gasteiger partial charge in [0.15, 0.2) is 5.78 Å². The Labute approximate surface area is 86.4 Å². The van der Waals surface area contributed by atoms with E-state index >= 15 is 0 Å². The first-order valence-corrected chi connectivity index (χ1v) is 5.27. The fourth-order valence-corrected chi connectivity index (χ4v) is 1.97. The summed E-state index contributed by atoms with van der Waals surface area (Å²) in [7, 11) is 0. The van der Waals surface area contributed by atoms with Crippen LogP contribution in [0.1, 0.15) is 34.3 Å². The van der Waals surface area contributed by atoms with E-state index < -0.39 is 5.97 Å². The van der Waals surface area contributed by atoms with Crippen molar-refractivity contribution in [2.45, 2.75) is 26.2 Å². The third-order valence-electron chi connectivity index (χ3n) is 1.84. The van der Waals surface area contributed by atoms with E-state index in [2.05, 4.69) is 0 Å². The monoisotopic (exact) mass is 211 g/mol. The van der Waals surface area contributed by atoms with Gasteiger partial charge in [-0.05, 0) is 25.0 Å². The van der Waals surface area contributed by atoms with Crippen LogP contribution in [0.5, 0.6) is 0 Å². The van der Waals surface area contributed by atoms with E-state index in [-0.39, 0.29) is 18.6 Å². The molecule has 0 N–H and O–H groups in total. The third-order valence-corrected chi connectivity index (χ3v) is 3.11. The minimum Gasteiger partial charge on any atom is -0.550 e. The van der Waals surface area contributed by atoms with Gasteiger partial charge in [-0.15, -0.1) is 11.3 Å². The van der Waals surface area contributed by atoms with Crippen molar-refractivity contribution in [3.05, 3.63) is 21.9 Å². The fraction of sp³-hybridized carbons (Fsp3) is 0.400. The number of aryl methyl sites for hydroxylation is 1. The van der Waals surface area contributed by atoms with Crippen LogP contribution in [0.15, 0.2) is 12.1 Å². The first-order chi connectivity index (χ1) is 6.63. The van der Waals surface area contributed by atoms with E-state index in [1.165, 1.54) is 11.3 Å². The van der Waals surface area contributed by atoms with Crippen LogP contribution in [-0.2, 0) is 11.2 Å². The van der Waals surface area contributed by atoms with Crippen molar-refractivity contribution in [3.8, 4) is 0 Å². The highest BCUT2D eigenvalue weighted by Crippen LogP contribution is 2.18. The summed E-state index contributed by atoms with van der Waals surface area (Å²) in [5.74, 6) is -1.29. The van der Waals surface area contributed by atoms with Gasteiger partial charge < -0.3 is 9.90 Å². The van der Waals surface area contributed by atoms with Gasteiger partial charge in [-0.25, -0.2) is 0 Å². The molecule has 0 saturated carbocycles. The van der Waals surface area contributed by atoms with E-state index in [9.17, 15) is 14.7 Å². The van der Waals surface area contributed by atoms with E-state index in [0.717, 1.165) is 11.3 Å². The SMILES string of the molecule is CCc1ccc(C(=O)CCC(=O)[O-])s1. The Morgan fingerprint density at radius 3 is 2.57 bits per heavy atom. The molecule has 0 unspecified atom stereocenters. The van der Waals surface area contributed by atoms with Gasteiger partial charge in [0.2, 0.25) is 0 Å². The molecule has 0 amide bonds. The highest BCUT2D eigenvalue weighted by molar-refractivity contribution is 7.14. The summed E-state index contributed by atoms with van der Waals surface area (Å²) < 4.78 is 0. The minimum atomic E-state index is -1.18. The topological polar surface area (TPSA) is 57.2 Å². The van der Waals surface area contributed by atoms with Gasteiger partial charge in [-0.1, -0.05) is 6.92 Å². The molecule has 1 rings (SSSR count). The molecule has 0 atom stereocenters. The van der Waals surface area contributed by atoms with Crippen LogP contribution in [0, 0.1) is 0 Å². The van der Waals surface area contributed by atoms with Gasteiger partial charge >= 0.3 is 0 Å². The van der Waals surface area contributed by atoms with Crippen molar-refractivity contribution >= 4 is 23.1 Å². The van der Waals surface area contributed by atoms with E-state index in [0.29, 0.717) is 4.88 Å². The van der Waals surface area contributed by atoms with Gasteiger partial charge in [0.1, 0.15) is 0 Å². The lowest BCUT2D eigenvalue weighted by Crippen LogP contribution is -2.22. The highest BCUT2D eigenvalue weighted by Gasteiger charge is 2.08. The number of hydrogen-bond donors (Lipinski definition) is 0. The Balaban J connectivity index is 2.56. The maximum atomic E-state index is 11.4. The summed E-state index contributed by atoms with van der Waals surface area (Å²) in [5, 5.41) is 10.1. The standard InChI is InChI=1S/C10H12O3S/c1-2-7-3-5-9(14-7)8(11)4-6-10(12)13/h3,5H,2,4,6H2,1H3,(H,12,13)/p-1. The summed E-state index contributed by atoms with van der Waals surface area (Å²) in [5.41, 5.74) is 0.